The molecule has 11 N–H and O–H groups in total. The first kappa shape index (κ1) is 23.8. The largest absolute Gasteiger partial charge is 0.352 e. The number of primary amides is 2. The second kappa shape index (κ2) is 15.7. The van der Waals surface area contributed by atoms with Gasteiger partial charge in [-0.3, -0.25) is 0 Å². The number of hydrogen-bond donors (Lipinski definition) is 5. The first-order valence-corrected chi connectivity index (χ1v) is 1.35. The number of nitrogens with zero attached hydrogens (tertiary/aromatic N) is 1. The Hall–Kier alpha value is -1.61. The molecule has 0 atom stereocenters. The number of urea groups is 1. The molecular weight excluding hydrogens is 146 g/mol. The van der Waals surface area contributed by atoms with Gasteiger partial charge in [0.1, 0.15) is 0 Å². The monoisotopic (exact) mass is 157 g/mol. The molecule has 0 aliphatic rings. The van der Waals surface area contributed by atoms with Crippen molar-refractivity contribution < 1.29 is 15.1 Å². The Morgan fingerprint density at radius 1 is 1.40 bits per heavy atom. The molecule has 9 nitrogen and oxygen atoms in total. The van der Waals surface area contributed by atoms with Gasteiger partial charge in [-0.1, -0.05) is 0 Å². The third-order valence-electron chi connectivity index (χ3n) is 0. The van der Waals surface area contributed by atoms with Crippen molar-refractivity contribution in [2.24, 2.45) is 11.5 Å². The van der Waals surface area contributed by atoms with Crippen LogP contribution < -0.4 is 23.8 Å². The van der Waals surface area contributed by atoms with Gasteiger partial charge in [-0.25, -0.2) is 4.79 Å². The summed E-state index contributed by atoms with van der Waals surface area (Å²) in [5.74, 6) is 0. The highest BCUT2D eigenvalue weighted by Gasteiger charge is 1.65. The molecule has 0 rings (SSSR count). The molecule has 0 unspecified atom stereocenters. The number of hydrogen-bond acceptors (Lipinski definition) is 5. The average Bonchev–Trinajstić information content (AvgIpc) is 1.25. The summed E-state index contributed by atoms with van der Waals surface area (Å²) >= 11 is 0. The summed E-state index contributed by atoms with van der Waals surface area (Å²) in [5.41, 5.74) is 8.50. The molecule has 0 aliphatic carbocycles. The van der Waals surface area contributed by atoms with E-state index in [1.165, 1.54) is 0 Å². The molecule has 9 heteroatoms. The molecular formula is CH11N5O4. The molecule has 0 saturated heterocycles. The van der Waals surface area contributed by atoms with E-state index in [1.54, 1.807) is 0 Å². The lowest BCUT2D eigenvalue weighted by atomic mass is 11.2. The van der Waals surface area contributed by atoms with Crippen molar-refractivity contribution in [1.82, 2.24) is 12.3 Å². The van der Waals surface area contributed by atoms with Crippen LogP contribution in [-0.4, -0.2) is 16.3 Å². The molecule has 0 saturated carbocycles. The fourth-order valence-corrected chi connectivity index (χ4v) is 0. The van der Waals surface area contributed by atoms with Crippen LogP contribution in [-0.2, 0) is 0 Å². The molecule has 0 aromatic rings. The fourth-order valence-electron chi connectivity index (χ4n) is 0. The molecule has 0 radical (unpaired) electrons. The van der Waals surface area contributed by atoms with Gasteiger partial charge in [0.15, 0.2) is 0 Å². The van der Waals surface area contributed by atoms with E-state index in [1.807, 2.05) is 0 Å². The summed E-state index contributed by atoms with van der Waals surface area (Å²) in [7, 11) is 0. The van der Waals surface area contributed by atoms with Crippen LogP contribution in [0.2, 0.25) is 0 Å². The third kappa shape index (κ3) is 71.6. The number of carbonyl (C=O) groups excluding carboxylic acids is 1. The summed E-state index contributed by atoms with van der Waals surface area (Å²) < 4.78 is 0. The van der Waals surface area contributed by atoms with Crippen molar-refractivity contribution in [3.05, 3.63) is 10.1 Å². The Kier molecular flexibility index (Phi) is 37.2. The van der Waals surface area contributed by atoms with Crippen LogP contribution in [0.1, 0.15) is 0 Å². The first-order chi connectivity index (χ1) is 3.46. The van der Waals surface area contributed by atoms with Crippen molar-refractivity contribution in [3.63, 3.8) is 0 Å². The number of carbonyl (C=O) groups is 1. The minimum Gasteiger partial charge on any atom is -0.352 e. The molecule has 10 heavy (non-hydrogen) atoms. The van der Waals surface area contributed by atoms with Crippen LogP contribution >= 0.6 is 0 Å². The Morgan fingerprint density at radius 2 is 1.40 bits per heavy atom. The van der Waals surface area contributed by atoms with Crippen LogP contribution in [0, 0.1) is 10.1 Å². The second-order valence-corrected chi connectivity index (χ2v) is 0.640. The summed E-state index contributed by atoms with van der Waals surface area (Å²) in [5, 5.41) is 13.6. The first-order valence-electron chi connectivity index (χ1n) is 1.35. The Balaban J connectivity index is -0.0000000300. The lowest BCUT2D eigenvalue weighted by Gasteiger charge is -1.62. The maximum absolute atomic E-state index is 9.00. The zero-order valence-electron chi connectivity index (χ0n) is 5.19. The molecule has 64 valence electrons. The van der Waals surface area contributed by atoms with Gasteiger partial charge in [-0.15, -0.1) is 10.1 Å². The van der Waals surface area contributed by atoms with Crippen molar-refractivity contribution in [2.75, 3.05) is 0 Å². The van der Waals surface area contributed by atoms with Gasteiger partial charge in [0, 0.05) is 0 Å². The Labute approximate surface area is 56.3 Å². The van der Waals surface area contributed by atoms with Gasteiger partial charge >= 0.3 is 6.03 Å². The van der Waals surface area contributed by atoms with Gasteiger partial charge in [0.05, 0.1) is 0 Å². The van der Waals surface area contributed by atoms with E-state index in [2.05, 4.69) is 11.5 Å². The Bertz CT molecular complexity index is 71.6. The van der Waals surface area contributed by atoms with E-state index in [9.17, 15) is 0 Å². The standard InChI is InChI=1S/CH4N2O.HNO3.2H3N/c2*2-1(3)4;;/h(H4,2,3,4);(H,2,3,4);2*1H3. The molecule has 0 heterocycles. The summed E-state index contributed by atoms with van der Waals surface area (Å²) in [6, 6.07) is -0.833. The van der Waals surface area contributed by atoms with E-state index in [-0.39, 0.29) is 12.3 Å². The van der Waals surface area contributed by atoms with Gasteiger partial charge in [-0.05, 0) is 0 Å². The van der Waals surface area contributed by atoms with Gasteiger partial charge in [0.2, 0.25) is 0 Å². The molecule has 0 spiro atoms. The molecule has 0 aliphatic heterocycles. The molecule has 2 amide bonds. The molecule has 0 bridgehead atoms. The van der Waals surface area contributed by atoms with Gasteiger partial charge in [-0.2, -0.15) is 0 Å². The SMILES string of the molecule is N.N.NC(N)=O.O=[N+]([O-])O. The zero-order valence-corrected chi connectivity index (χ0v) is 5.19. The zero-order chi connectivity index (χ0) is 7.15. The van der Waals surface area contributed by atoms with Crippen molar-refractivity contribution in [2.45, 2.75) is 0 Å². The van der Waals surface area contributed by atoms with Crippen LogP contribution in [0.3, 0.4) is 0 Å². The smallest absolute Gasteiger partial charge is 0.309 e. The highest BCUT2D eigenvalue weighted by molar-refractivity contribution is 5.69. The number of rotatable bonds is 0. The van der Waals surface area contributed by atoms with E-state index in [4.69, 9.17) is 20.1 Å². The van der Waals surface area contributed by atoms with Crippen LogP contribution in [0.5, 0.6) is 0 Å². The summed E-state index contributed by atoms with van der Waals surface area (Å²) in [4.78, 5) is 17.4. The average molecular weight is 157 g/mol. The van der Waals surface area contributed by atoms with Crippen molar-refractivity contribution >= 4 is 6.03 Å². The fraction of sp³-hybridized carbons (Fsp3) is 0. The summed E-state index contributed by atoms with van der Waals surface area (Å²) in [6.45, 7) is 0. The minimum absolute atomic E-state index is 0. The maximum Gasteiger partial charge on any atom is 0.309 e. The lowest BCUT2D eigenvalue weighted by Crippen LogP contribution is -2.18. The lowest BCUT2D eigenvalue weighted by molar-refractivity contribution is -0.742. The molecule has 0 aromatic heterocycles. The van der Waals surface area contributed by atoms with Crippen molar-refractivity contribution in [1.29, 1.82) is 0 Å². The number of nitrogens with two attached hydrogens (primary N) is 2. The molecule has 0 aromatic carbocycles. The maximum atomic E-state index is 9.00. The van der Waals surface area contributed by atoms with Crippen molar-refractivity contribution in [3.8, 4) is 0 Å². The summed E-state index contributed by atoms with van der Waals surface area (Å²) in [6.07, 6.45) is 0. The topological polar surface area (TPSA) is 202 Å². The van der Waals surface area contributed by atoms with E-state index in [0.717, 1.165) is 0 Å². The quantitative estimate of drug-likeness (QED) is 0.220. The minimum atomic E-state index is -1.50. The predicted molar refractivity (Wildman–Crippen MR) is 32.6 cm³/mol. The third-order valence-corrected chi connectivity index (χ3v) is 0. The predicted octanol–water partition coefficient (Wildman–Crippen LogP) is -1.000. The van der Waals surface area contributed by atoms with E-state index < -0.39 is 11.1 Å². The van der Waals surface area contributed by atoms with Crippen LogP contribution in [0.25, 0.3) is 0 Å². The normalized spacial score (nSPS) is 4.80. The van der Waals surface area contributed by atoms with E-state index >= 15 is 0 Å². The highest BCUT2D eigenvalue weighted by atomic mass is 16.9. The second-order valence-electron chi connectivity index (χ2n) is 0.640. The van der Waals surface area contributed by atoms with Crippen LogP contribution in [0.4, 0.5) is 4.79 Å². The van der Waals surface area contributed by atoms with Crippen LogP contribution in [0.15, 0.2) is 0 Å². The molecule has 0 fully saturated rings. The Morgan fingerprint density at radius 3 is 1.40 bits per heavy atom. The highest BCUT2D eigenvalue weighted by Crippen LogP contribution is 1.38. The number of amides is 2. The van der Waals surface area contributed by atoms with Gasteiger partial charge < -0.3 is 29.0 Å². The van der Waals surface area contributed by atoms with E-state index in [0.29, 0.717) is 0 Å². The van der Waals surface area contributed by atoms with Gasteiger partial charge in [0.25, 0.3) is 5.09 Å².